The van der Waals surface area contributed by atoms with Gasteiger partial charge in [0.15, 0.2) is 5.16 Å². The molecule has 0 spiro atoms. The summed E-state index contributed by atoms with van der Waals surface area (Å²) in [5.74, 6) is 0.268. The normalized spacial score (nSPS) is 13.4. The van der Waals surface area contributed by atoms with Crippen molar-refractivity contribution in [3.63, 3.8) is 0 Å². The van der Waals surface area contributed by atoms with E-state index in [9.17, 15) is 22.8 Å². The molecule has 0 aliphatic heterocycles. The Balaban J connectivity index is 1.48. The number of thioether (sulfide) groups is 1. The van der Waals surface area contributed by atoms with Gasteiger partial charge < -0.3 is 4.42 Å². The van der Waals surface area contributed by atoms with Crippen LogP contribution in [-0.2, 0) is 24.8 Å². The molecule has 0 bridgehead atoms. The van der Waals surface area contributed by atoms with E-state index in [2.05, 4.69) is 4.98 Å². The molecule has 3 aromatic carbocycles. The van der Waals surface area contributed by atoms with Crippen LogP contribution in [0.3, 0.4) is 0 Å². The molecule has 0 N–H and O–H groups in total. The third kappa shape index (κ3) is 4.33. The highest BCUT2D eigenvalue weighted by molar-refractivity contribution is 7.98. The van der Waals surface area contributed by atoms with E-state index in [0.29, 0.717) is 22.0 Å². The molecule has 9 heteroatoms. The Kier molecular flexibility index (Phi) is 5.67. The summed E-state index contributed by atoms with van der Waals surface area (Å²) >= 11 is 1.18. The van der Waals surface area contributed by atoms with Crippen LogP contribution in [0.15, 0.2) is 85.9 Å². The third-order valence-corrected chi connectivity index (χ3v) is 7.56. The molecule has 5 aromatic rings. The minimum atomic E-state index is -4.56. The van der Waals surface area contributed by atoms with Gasteiger partial charge in [-0.15, -0.1) is 0 Å². The van der Waals surface area contributed by atoms with Gasteiger partial charge in [0.1, 0.15) is 5.58 Å². The van der Waals surface area contributed by atoms with Crippen LogP contribution in [0.1, 0.15) is 28.7 Å². The molecule has 0 radical (unpaired) electrons. The van der Waals surface area contributed by atoms with Gasteiger partial charge in [0.2, 0.25) is 0 Å². The highest BCUT2D eigenvalue weighted by atomic mass is 32.2. The summed E-state index contributed by atoms with van der Waals surface area (Å²) in [4.78, 5) is 30.4. The summed E-state index contributed by atoms with van der Waals surface area (Å²) in [5, 5.41) is 1.33. The molecule has 5 nitrogen and oxygen atoms in total. The molecule has 0 atom stereocenters. The van der Waals surface area contributed by atoms with E-state index < -0.39 is 22.9 Å². The number of aryl methyl sites for hydroxylation is 2. The van der Waals surface area contributed by atoms with Crippen LogP contribution in [0, 0.1) is 0 Å². The lowest BCUT2D eigenvalue weighted by molar-refractivity contribution is -0.137. The Morgan fingerprint density at radius 3 is 2.51 bits per heavy atom. The summed E-state index contributed by atoms with van der Waals surface area (Å²) in [6.07, 6.45) is -1.62. The van der Waals surface area contributed by atoms with Crippen molar-refractivity contribution in [1.82, 2.24) is 9.55 Å². The van der Waals surface area contributed by atoms with E-state index >= 15 is 0 Å². The molecule has 2 heterocycles. The molecule has 0 saturated heterocycles. The van der Waals surface area contributed by atoms with E-state index in [1.165, 1.54) is 45.7 Å². The average Bonchev–Trinajstić information content (AvgIpc) is 3.33. The van der Waals surface area contributed by atoms with Crippen LogP contribution >= 0.6 is 11.8 Å². The summed E-state index contributed by atoms with van der Waals surface area (Å²) in [7, 11) is 0. The number of para-hydroxylation sites is 1. The van der Waals surface area contributed by atoms with E-state index in [-0.39, 0.29) is 16.6 Å². The molecule has 0 saturated carbocycles. The molecule has 2 aromatic heterocycles. The zero-order chi connectivity index (χ0) is 25.7. The van der Waals surface area contributed by atoms with E-state index in [4.69, 9.17) is 4.42 Å². The summed E-state index contributed by atoms with van der Waals surface area (Å²) in [6, 6.07) is 16.7. The average molecular weight is 521 g/mol. The maximum absolute atomic E-state index is 13.5. The molecule has 1 aliphatic rings. The van der Waals surface area contributed by atoms with Crippen LogP contribution in [0.4, 0.5) is 13.2 Å². The molecule has 0 unspecified atom stereocenters. The van der Waals surface area contributed by atoms with Crippen LogP contribution < -0.4 is 11.2 Å². The largest absolute Gasteiger partial charge is 0.423 e. The van der Waals surface area contributed by atoms with Crippen molar-refractivity contribution in [2.75, 3.05) is 0 Å². The number of nitrogens with zero attached hydrogens (tertiary/aromatic N) is 2. The molecule has 37 heavy (non-hydrogen) atoms. The summed E-state index contributed by atoms with van der Waals surface area (Å²) in [6.45, 7) is 0. The zero-order valence-electron chi connectivity index (χ0n) is 19.3. The zero-order valence-corrected chi connectivity index (χ0v) is 20.2. The Bertz CT molecular complexity index is 1810. The number of benzene rings is 3. The van der Waals surface area contributed by atoms with Crippen LogP contribution in [0.5, 0.6) is 0 Å². The van der Waals surface area contributed by atoms with E-state index in [1.54, 1.807) is 24.3 Å². The fraction of sp³-hybridized carbons (Fsp3) is 0.179. The lowest BCUT2D eigenvalue weighted by atomic mass is 10.0. The van der Waals surface area contributed by atoms with Crippen LogP contribution in [-0.4, -0.2) is 9.55 Å². The molecule has 0 fully saturated rings. The second kappa shape index (κ2) is 8.92. The molecular weight excluding hydrogens is 501 g/mol. The molecule has 1 aliphatic carbocycles. The lowest BCUT2D eigenvalue weighted by Gasteiger charge is -2.15. The first-order chi connectivity index (χ1) is 17.8. The smallest absolute Gasteiger partial charge is 0.416 e. The molecule has 186 valence electrons. The number of halogens is 3. The number of fused-ring (bicyclic) bond motifs is 3. The molecular formula is C28H19F3N2O3S. The Morgan fingerprint density at radius 1 is 0.919 bits per heavy atom. The number of aromatic nitrogens is 2. The minimum Gasteiger partial charge on any atom is -0.423 e. The highest BCUT2D eigenvalue weighted by Crippen LogP contribution is 2.33. The first-order valence-electron chi connectivity index (χ1n) is 11.7. The first kappa shape index (κ1) is 23.5. The minimum absolute atomic E-state index is 0.0656. The van der Waals surface area contributed by atoms with Crippen molar-refractivity contribution in [2.45, 2.75) is 36.3 Å². The molecule has 6 rings (SSSR count). The van der Waals surface area contributed by atoms with E-state index in [1.807, 2.05) is 12.1 Å². The van der Waals surface area contributed by atoms with Gasteiger partial charge in [-0.05, 0) is 78.4 Å². The molecule has 0 amide bonds. The second-order valence-corrected chi connectivity index (χ2v) is 9.89. The fourth-order valence-corrected chi connectivity index (χ4v) is 5.82. The Hall–Kier alpha value is -3.85. The van der Waals surface area contributed by atoms with Gasteiger partial charge in [0.05, 0.1) is 22.2 Å². The third-order valence-electron chi connectivity index (χ3n) is 6.58. The number of rotatable bonds is 4. The first-order valence-corrected chi connectivity index (χ1v) is 12.7. The highest BCUT2D eigenvalue weighted by Gasteiger charge is 2.31. The van der Waals surface area contributed by atoms with Gasteiger partial charge in [0, 0.05) is 17.2 Å². The maximum Gasteiger partial charge on any atom is 0.416 e. The van der Waals surface area contributed by atoms with Crippen LogP contribution in [0.25, 0.3) is 27.6 Å². The number of hydrogen-bond donors (Lipinski definition) is 0. The standard InChI is InChI=1S/C28H19F3N2O3S/c29-28(30,31)19-7-4-8-20(14-19)33-26(35)21-9-1-2-10-23(21)32-27(33)37-15-18-13-25(34)36-24-12-17-6-3-5-16(17)11-22(18)24/h1-2,4,7-14H,3,5-6,15H2. The van der Waals surface area contributed by atoms with Gasteiger partial charge in [-0.1, -0.05) is 30.0 Å². The number of hydrogen-bond acceptors (Lipinski definition) is 5. The van der Waals surface area contributed by atoms with Crippen molar-refractivity contribution in [3.05, 3.63) is 110 Å². The van der Waals surface area contributed by atoms with Gasteiger partial charge in [-0.25, -0.2) is 9.78 Å². The predicted molar refractivity (Wildman–Crippen MR) is 136 cm³/mol. The van der Waals surface area contributed by atoms with Gasteiger partial charge >= 0.3 is 11.8 Å². The van der Waals surface area contributed by atoms with Crippen molar-refractivity contribution in [1.29, 1.82) is 0 Å². The maximum atomic E-state index is 13.5. The summed E-state index contributed by atoms with van der Waals surface area (Å²) in [5.41, 5.74) is 2.30. The number of alkyl halides is 3. The predicted octanol–water partition coefficient (Wildman–Crippen LogP) is 6.29. The van der Waals surface area contributed by atoms with E-state index in [0.717, 1.165) is 36.8 Å². The monoisotopic (exact) mass is 520 g/mol. The van der Waals surface area contributed by atoms with Crippen LogP contribution in [0.2, 0.25) is 0 Å². The second-order valence-electron chi connectivity index (χ2n) is 8.95. The van der Waals surface area contributed by atoms with Gasteiger partial charge in [-0.3, -0.25) is 9.36 Å². The lowest BCUT2D eigenvalue weighted by Crippen LogP contribution is -2.22. The SMILES string of the molecule is O=c1cc(CSc2nc3ccccc3c(=O)n2-c2cccc(C(F)(F)F)c2)c2cc3c(cc2o1)CCC3. The van der Waals surface area contributed by atoms with Crippen molar-refractivity contribution >= 4 is 33.6 Å². The van der Waals surface area contributed by atoms with Gasteiger partial charge in [-0.2, -0.15) is 13.2 Å². The van der Waals surface area contributed by atoms with Gasteiger partial charge in [0.25, 0.3) is 5.56 Å². The van der Waals surface area contributed by atoms with Crippen molar-refractivity contribution in [2.24, 2.45) is 0 Å². The van der Waals surface area contributed by atoms with Crippen molar-refractivity contribution in [3.8, 4) is 5.69 Å². The Morgan fingerprint density at radius 2 is 1.70 bits per heavy atom. The Labute approximate surface area is 212 Å². The fourth-order valence-electron chi connectivity index (χ4n) is 4.81. The quantitative estimate of drug-likeness (QED) is 0.158. The topological polar surface area (TPSA) is 65.1 Å². The summed E-state index contributed by atoms with van der Waals surface area (Å²) < 4.78 is 47.0. The van der Waals surface area contributed by atoms with Crippen molar-refractivity contribution < 1.29 is 17.6 Å².